The van der Waals surface area contributed by atoms with Crippen LogP contribution in [0, 0.1) is 5.82 Å². The lowest BCUT2D eigenvalue weighted by atomic mass is 9.97. The van der Waals surface area contributed by atoms with Crippen LogP contribution >= 0.6 is 11.6 Å². The van der Waals surface area contributed by atoms with Crippen molar-refractivity contribution in [2.24, 2.45) is 5.73 Å². The van der Waals surface area contributed by atoms with Crippen LogP contribution in [0.15, 0.2) is 18.2 Å². The van der Waals surface area contributed by atoms with Crippen molar-refractivity contribution in [2.45, 2.75) is 12.1 Å². The zero-order chi connectivity index (χ0) is 13.3. The number of hydrogen-bond donors (Lipinski definition) is 1. The smallest absolute Gasteiger partial charge is 0.123 e. The Hall–Kier alpha value is -0.680. The number of likely N-dealkylation sites (N-methyl/N-ethyl adjacent to an activating group) is 2. The molecule has 1 aromatic carbocycles. The molecule has 1 fully saturated rings. The maximum atomic E-state index is 13.3. The molecule has 0 aromatic heterocycles. The molecule has 5 heteroatoms. The van der Waals surface area contributed by atoms with Gasteiger partial charge in [-0.05, 0) is 37.9 Å². The van der Waals surface area contributed by atoms with E-state index in [1.165, 1.54) is 12.1 Å². The summed E-state index contributed by atoms with van der Waals surface area (Å²) in [5.41, 5.74) is 6.96. The van der Waals surface area contributed by atoms with Crippen LogP contribution in [-0.2, 0) is 0 Å². The first-order chi connectivity index (χ1) is 8.49. The molecule has 1 aliphatic rings. The number of nitrogens with zero attached hydrogens (tertiary/aromatic N) is 2. The maximum Gasteiger partial charge on any atom is 0.123 e. The Bertz CT molecular complexity index is 427. The molecule has 1 heterocycles. The predicted molar refractivity (Wildman–Crippen MR) is 72.3 cm³/mol. The standard InChI is InChI=1S/C13H19ClFN3/c1-17-5-6-18(2)12(8-17)13(16)10-7-9(15)3-4-11(10)14/h3-4,7,12-13H,5-6,8,16H2,1-2H3. The average Bonchev–Trinajstić information content (AvgIpc) is 2.34. The van der Waals surface area contributed by atoms with Gasteiger partial charge in [-0.2, -0.15) is 0 Å². The summed E-state index contributed by atoms with van der Waals surface area (Å²) in [4.78, 5) is 4.45. The van der Waals surface area contributed by atoms with Crippen LogP contribution in [0.5, 0.6) is 0 Å². The van der Waals surface area contributed by atoms with Crippen molar-refractivity contribution >= 4 is 11.6 Å². The van der Waals surface area contributed by atoms with Crippen LogP contribution in [0.4, 0.5) is 4.39 Å². The van der Waals surface area contributed by atoms with E-state index in [9.17, 15) is 4.39 Å². The Labute approximate surface area is 112 Å². The van der Waals surface area contributed by atoms with Gasteiger partial charge in [-0.1, -0.05) is 11.6 Å². The van der Waals surface area contributed by atoms with Crippen LogP contribution in [0.2, 0.25) is 5.02 Å². The molecule has 2 rings (SSSR count). The molecule has 1 saturated heterocycles. The van der Waals surface area contributed by atoms with E-state index in [2.05, 4.69) is 16.8 Å². The second-order valence-corrected chi connectivity index (χ2v) is 5.41. The van der Waals surface area contributed by atoms with E-state index in [4.69, 9.17) is 17.3 Å². The van der Waals surface area contributed by atoms with E-state index in [0.29, 0.717) is 10.6 Å². The first-order valence-electron chi connectivity index (χ1n) is 6.08. The number of halogens is 2. The Morgan fingerprint density at radius 3 is 2.83 bits per heavy atom. The van der Waals surface area contributed by atoms with Crippen LogP contribution in [0.1, 0.15) is 11.6 Å². The largest absolute Gasteiger partial charge is 0.323 e. The molecular formula is C13H19ClFN3. The van der Waals surface area contributed by atoms with E-state index in [1.807, 2.05) is 7.05 Å². The average molecular weight is 272 g/mol. The molecule has 1 aliphatic heterocycles. The maximum absolute atomic E-state index is 13.3. The van der Waals surface area contributed by atoms with Crippen molar-refractivity contribution in [3.8, 4) is 0 Å². The number of nitrogens with two attached hydrogens (primary N) is 1. The van der Waals surface area contributed by atoms with Crippen molar-refractivity contribution < 1.29 is 4.39 Å². The minimum atomic E-state index is -0.295. The summed E-state index contributed by atoms with van der Waals surface area (Å²) >= 11 is 6.12. The molecule has 0 radical (unpaired) electrons. The number of hydrogen-bond acceptors (Lipinski definition) is 3. The van der Waals surface area contributed by atoms with Gasteiger partial charge in [0.15, 0.2) is 0 Å². The van der Waals surface area contributed by atoms with Crippen molar-refractivity contribution in [3.63, 3.8) is 0 Å². The zero-order valence-corrected chi connectivity index (χ0v) is 11.5. The molecule has 100 valence electrons. The van der Waals surface area contributed by atoms with Gasteiger partial charge in [-0.3, -0.25) is 4.90 Å². The van der Waals surface area contributed by atoms with Gasteiger partial charge in [0.2, 0.25) is 0 Å². The monoisotopic (exact) mass is 271 g/mol. The number of piperazine rings is 1. The number of rotatable bonds is 2. The highest BCUT2D eigenvalue weighted by molar-refractivity contribution is 6.31. The SMILES string of the molecule is CN1CCN(C)C(C(N)c2cc(F)ccc2Cl)C1. The summed E-state index contributed by atoms with van der Waals surface area (Å²) in [6.07, 6.45) is 0. The van der Waals surface area contributed by atoms with E-state index >= 15 is 0 Å². The third kappa shape index (κ3) is 2.83. The molecule has 18 heavy (non-hydrogen) atoms. The first kappa shape index (κ1) is 13.7. The van der Waals surface area contributed by atoms with Gasteiger partial charge in [0.05, 0.1) is 0 Å². The fourth-order valence-corrected chi connectivity index (χ4v) is 2.65. The predicted octanol–water partition coefficient (Wildman–Crippen LogP) is 1.72. The second-order valence-electron chi connectivity index (χ2n) is 5.00. The van der Waals surface area contributed by atoms with Gasteiger partial charge < -0.3 is 10.6 Å². The van der Waals surface area contributed by atoms with Crippen LogP contribution in [-0.4, -0.2) is 49.6 Å². The van der Waals surface area contributed by atoms with Crippen LogP contribution in [0.25, 0.3) is 0 Å². The Morgan fingerprint density at radius 1 is 1.39 bits per heavy atom. The minimum Gasteiger partial charge on any atom is -0.323 e. The molecule has 1 aromatic rings. The summed E-state index contributed by atoms with van der Waals surface area (Å²) in [6, 6.07) is 4.24. The Kier molecular flexibility index (Phi) is 4.22. The highest BCUT2D eigenvalue weighted by Gasteiger charge is 2.29. The summed E-state index contributed by atoms with van der Waals surface area (Å²) < 4.78 is 13.3. The van der Waals surface area contributed by atoms with E-state index in [1.54, 1.807) is 6.07 Å². The zero-order valence-electron chi connectivity index (χ0n) is 10.7. The van der Waals surface area contributed by atoms with E-state index in [-0.39, 0.29) is 17.9 Å². The summed E-state index contributed by atoms with van der Waals surface area (Å²) in [6.45, 7) is 2.85. The minimum absolute atomic E-state index is 0.156. The van der Waals surface area contributed by atoms with Crippen LogP contribution in [0.3, 0.4) is 0 Å². The molecule has 2 unspecified atom stereocenters. The summed E-state index contributed by atoms with van der Waals surface area (Å²) in [5.74, 6) is -0.295. The van der Waals surface area contributed by atoms with Gasteiger partial charge in [0.1, 0.15) is 5.82 Å². The lowest BCUT2D eigenvalue weighted by Gasteiger charge is -2.41. The van der Waals surface area contributed by atoms with Gasteiger partial charge in [-0.15, -0.1) is 0 Å². The fourth-order valence-electron chi connectivity index (χ4n) is 2.41. The molecule has 2 atom stereocenters. The van der Waals surface area contributed by atoms with Crippen molar-refractivity contribution in [1.82, 2.24) is 9.80 Å². The summed E-state index contributed by atoms with van der Waals surface area (Å²) in [5, 5.41) is 0.533. The normalized spacial score (nSPS) is 24.2. The highest BCUT2D eigenvalue weighted by Crippen LogP contribution is 2.27. The van der Waals surface area contributed by atoms with Gasteiger partial charge in [-0.25, -0.2) is 4.39 Å². The van der Waals surface area contributed by atoms with Gasteiger partial charge in [0, 0.05) is 36.7 Å². The van der Waals surface area contributed by atoms with Crippen molar-refractivity contribution in [2.75, 3.05) is 33.7 Å². The van der Waals surface area contributed by atoms with Crippen molar-refractivity contribution in [3.05, 3.63) is 34.6 Å². The third-order valence-corrected chi connectivity index (χ3v) is 3.98. The van der Waals surface area contributed by atoms with Crippen molar-refractivity contribution in [1.29, 1.82) is 0 Å². The van der Waals surface area contributed by atoms with E-state index < -0.39 is 0 Å². The molecule has 3 nitrogen and oxygen atoms in total. The molecule has 2 N–H and O–H groups in total. The highest BCUT2D eigenvalue weighted by atomic mass is 35.5. The quantitative estimate of drug-likeness (QED) is 0.889. The molecule has 0 spiro atoms. The van der Waals surface area contributed by atoms with Gasteiger partial charge >= 0.3 is 0 Å². The Morgan fingerprint density at radius 2 is 2.11 bits per heavy atom. The lowest BCUT2D eigenvalue weighted by Crippen LogP contribution is -2.54. The van der Waals surface area contributed by atoms with Gasteiger partial charge in [0.25, 0.3) is 0 Å². The third-order valence-electron chi connectivity index (χ3n) is 3.63. The molecular weight excluding hydrogens is 253 g/mol. The summed E-state index contributed by atoms with van der Waals surface area (Å²) in [7, 11) is 4.12. The molecule has 0 amide bonds. The molecule has 0 bridgehead atoms. The van der Waals surface area contributed by atoms with E-state index in [0.717, 1.165) is 19.6 Å². The second kappa shape index (κ2) is 5.53. The fraction of sp³-hybridized carbons (Fsp3) is 0.538. The Balaban J connectivity index is 2.23. The number of benzene rings is 1. The lowest BCUT2D eigenvalue weighted by molar-refractivity contribution is 0.0973. The first-order valence-corrected chi connectivity index (χ1v) is 6.46. The van der Waals surface area contributed by atoms with Crippen LogP contribution < -0.4 is 5.73 Å². The molecule has 0 saturated carbocycles. The topological polar surface area (TPSA) is 32.5 Å². The molecule has 0 aliphatic carbocycles.